The number of hydrogen-bond donors (Lipinski definition) is 0. The molecule has 0 aliphatic carbocycles. The molecule has 2 aromatic carbocycles. The lowest BCUT2D eigenvalue weighted by atomic mass is 10.1. The van der Waals surface area contributed by atoms with E-state index in [0.29, 0.717) is 29.1 Å². The van der Waals surface area contributed by atoms with Crippen LogP contribution in [0.5, 0.6) is 5.75 Å². The number of ether oxygens (including phenoxy) is 1. The molecule has 0 spiro atoms. The number of aromatic nitrogens is 3. The van der Waals surface area contributed by atoms with Crippen molar-refractivity contribution in [3.8, 4) is 17.0 Å². The smallest absolute Gasteiger partial charge is 0.271 e. The lowest BCUT2D eigenvalue weighted by Crippen LogP contribution is -2.41. The molecule has 1 aliphatic heterocycles. The Kier molecular flexibility index (Phi) is 4.88. The predicted octanol–water partition coefficient (Wildman–Crippen LogP) is 4.41. The highest BCUT2D eigenvalue weighted by Gasteiger charge is 2.25. The summed E-state index contributed by atoms with van der Waals surface area (Å²) in [6.45, 7) is 2.74. The number of carbonyl (C=O) groups excluding carboxylic acids is 1. The molecule has 0 saturated heterocycles. The molecular formula is C26H20N4O3S. The fourth-order valence-electron chi connectivity index (χ4n) is 4.25. The van der Waals surface area contributed by atoms with Crippen molar-refractivity contribution in [2.75, 3.05) is 18.1 Å². The molecular weight excluding hydrogens is 448 g/mol. The molecule has 4 heterocycles. The van der Waals surface area contributed by atoms with Crippen molar-refractivity contribution in [3.05, 3.63) is 82.9 Å². The molecule has 34 heavy (non-hydrogen) atoms. The molecule has 1 amide bonds. The second-order valence-corrected chi connectivity index (χ2v) is 9.24. The number of aryl methyl sites for hydroxylation is 1. The largest absolute Gasteiger partial charge is 0.490 e. The highest BCUT2D eigenvalue weighted by molar-refractivity contribution is 7.25. The van der Waals surface area contributed by atoms with Crippen LogP contribution in [0, 0.1) is 6.92 Å². The predicted molar refractivity (Wildman–Crippen MR) is 134 cm³/mol. The van der Waals surface area contributed by atoms with Crippen molar-refractivity contribution in [1.29, 1.82) is 0 Å². The van der Waals surface area contributed by atoms with Crippen molar-refractivity contribution in [2.45, 2.75) is 13.5 Å². The van der Waals surface area contributed by atoms with E-state index in [9.17, 15) is 9.59 Å². The topological polar surface area (TPSA) is 77.3 Å². The summed E-state index contributed by atoms with van der Waals surface area (Å²) < 4.78 is 7.56. The van der Waals surface area contributed by atoms with Crippen LogP contribution < -0.4 is 15.2 Å². The Hall–Kier alpha value is -4.04. The van der Waals surface area contributed by atoms with Crippen LogP contribution in [0.4, 0.5) is 5.69 Å². The maximum atomic E-state index is 13.3. The van der Waals surface area contributed by atoms with Crippen LogP contribution in [-0.2, 0) is 11.3 Å². The van der Waals surface area contributed by atoms with Gasteiger partial charge in [-0.2, -0.15) is 0 Å². The summed E-state index contributed by atoms with van der Waals surface area (Å²) in [7, 11) is 0. The van der Waals surface area contributed by atoms with E-state index in [1.165, 1.54) is 22.2 Å². The first-order valence-corrected chi connectivity index (χ1v) is 11.8. The van der Waals surface area contributed by atoms with Gasteiger partial charge in [0.15, 0.2) is 0 Å². The molecule has 0 radical (unpaired) electrons. The van der Waals surface area contributed by atoms with Crippen molar-refractivity contribution in [3.63, 3.8) is 0 Å². The van der Waals surface area contributed by atoms with Gasteiger partial charge in [0.1, 0.15) is 28.4 Å². The third-order valence-electron chi connectivity index (χ3n) is 5.96. The van der Waals surface area contributed by atoms with Crippen LogP contribution in [0.25, 0.3) is 31.7 Å². The number of thiophene rings is 1. The van der Waals surface area contributed by atoms with E-state index < -0.39 is 0 Å². The summed E-state index contributed by atoms with van der Waals surface area (Å²) >= 11 is 1.31. The molecule has 0 unspecified atom stereocenters. The molecule has 3 aromatic heterocycles. The molecule has 6 rings (SSSR count). The van der Waals surface area contributed by atoms with Gasteiger partial charge in [-0.1, -0.05) is 36.4 Å². The van der Waals surface area contributed by atoms with Gasteiger partial charge in [-0.25, -0.2) is 9.97 Å². The number of rotatable bonds is 3. The maximum Gasteiger partial charge on any atom is 0.271 e. The first-order valence-electron chi connectivity index (χ1n) is 11.0. The highest BCUT2D eigenvalue weighted by Crippen LogP contribution is 2.33. The number of fused-ring (bicyclic) bond motifs is 4. The Bertz CT molecular complexity index is 1620. The van der Waals surface area contributed by atoms with Gasteiger partial charge in [-0.3, -0.25) is 14.2 Å². The van der Waals surface area contributed by atoms with Crippen LogP contribution in [0.1, 0.15) is 5.56 Å². The van der Waals surface area contributed by atoms with Crippen molar-refractivity contribution < 1.29 is 9.53 Å². The third-order valence-corrected chi connectivity index (χ3v) is 7.04. The SMILES string of the molecule is Cc1ccc2c(c1)N(C(=O)Cn1cnc3c(sc4nc(-c5ccccc5)ccc43)c1=O)CCO2. The van der Waals surface area contributed by atoms with E-state index in [1.54, 1.807) is 4.90 Å². The number of anilines is 1. The average molecular weight is 469 g/mol. The van der Waals surface area contributed by atoms with Gasteiger partial charge in [0.05, 0.1) is 29.8 Å². The number of carbonyl (C=O) groups is 1. The number of amides is 1. The first kappa shape index (κ1) is 20.6. The third kappa shape index (κ3) is 3.43. The average Bonchev–Trinajstić information content (AvgIpc) is 3.24. The molecule has 0 bridgehead atoms. The minimum absolute atomic E-state index is 0.0912. The second kappa shape index (κ2) is 8.07. The van der Waals surface area contributed by atoms with Gasteiger partial charge in [0.25, 0.3) is 5.56 Å². The number of pyridine rings is 1. The summed E-state index contributed by atoms with van der Waals surface area (Å²) in [5, 5.41) is 0.841. The van der Waals surface area contributed by atoms with E-state index in [-0.39, 0.29) is 18.0 Å². The monoisotopic (exact) mass is 468 g/mol. The van der Waals surface area contributed by atoms with E-state index in [1.807, 2.05) is 67.6 Å². The Morgan fingerprint density at radius 2 is 1.97 bits per heavy atom. The minimum Gasteiger partial charge on any atom is -0.490 e. The van der Waals surface area contributed by atoms with Gasteiger partial charge in [-0.15, -0.1) is 11.3 Å². The van der Waals surface area contributed by atoms with Gasteiger partial charge >= 0.3 is 0 Å². The van der Waals surface area contributed by atoms with Gasteiger partial charge < -0.3 is 9.64 Å². The molecule has 1 aliphatic rings. The molecule has 7 nitrogen and oxygen atoms in total. The summed E-state index contributed by atoms with van der Waals surface area (Å²) in [5.41, 5.74) is 4.01. The van der Waals surface area contributed by atoms with Crippen LogP contribution in [0.2, 0.25) is 0 Å². The molecule has 168 valence electrons. The Balaban J connectivity index is 1.36. The summed E-state index contributed by atoms with van der Waals surface area (Å²) in [5.74, 6) is 0.500. The van der Waals surface area contributed by atoms with Crippen LogP contribution in [0.15, 0.2) is 71.8 Å². The van der Waals surface area contributed by atoms with Crippen molar-refractivity contribution in [1.82, 2.24) is 14.5 Å². The molecule has 0 saturated carbocycles. The maximum absolute atomic E-state index is 13.3. The number of benzene rings is 2. The normalized spacial score (nSPS) is 13.1. The Morgan fingerprint density at radius 1 is 1.12 bits per heavy atom. The fourth-order valence-corrected chi connectivity index (χ4v) is 5.33. The lowest BCUT2D eigenvalue weighted by Gasteiger charge is -2.30. The lowest BCUT2D eigenvalue weighted by molar-refractivity contribution is -0.119. The summed E-state index contributed by atoms with van der Waals surface area (Å²) in [6, 6.07) is 19.6. The van der Waals surface area contributed by atoms with Crippen LogP contribution >= 0.6 is 11.3 Å². The minimum atomic E-state index is -0.236. The van der Waals surface area contributed by atoms with Gasteiger partial charge in [-0.05, 0) is 36.8 Å². The van der Waals surface area contributed by atoms with Crippen LogP contribution in [-0.4, -0.2) is 33.6 Å². The van der Waals surface area contributed by atoms with Crippen molar-refractivity contribution >= 4 is 43.4 Å². The Morgan fingerprint density at radius 3 is 2.82 bits per heavy atom. The van der Waals surface area contributed by atoms with Crippen LogP contribution in [0.3, 0.4) is 0 Å². The molecule has 0 fully saturated rings. The van der Waals surface area contributed by atoms with Gasteiger partial charge in [0, 0.05) is 10.9 Å². The number of nitrogens with zero attached hydrogens (tertiary/aromatic N) is 4. The summed E-state index contributed by atoms with van der Waals surface area (Å²) in [6.07, 6.45) is 1.46. The standard InChI is InChI=1S/C26H20N4O3S/c1-16-7-10-21-20(13-16)30(11-12-33-21)22(31)14-29-15-27-23-18-8-9-19(17-5-3-2-4-6-17)28-25(18)34-24(23)26(29)32/h2-10,13,15H,11-12,14H2,1H3. The molecule has 0 atom stereocenters. The zero-order valence-corrected chi connectivity index (χ0v) is 19.2. The zero-order valence-electron chi connectivity index (χ0n) is 18.4. The van der Waals surface area contributed by atoms with E-state index in [0.717, 1.165) is 32.7 Å². The van der Waals surface area contributed by atoms with E-state index >= 15 is 0 Å². The fraction of sp³-hybridized carbons (Fsp3) is 0.154. The molecule has 5 aromatic rings. The van der Waals surface area contributed by atoms with E-state index in [2.05, 4.69) is 4.98 Å². The van der Waals surface area contributed by atoms with E-state index in [4.69, 9.17) is 9.72 Å². The zero-order chi connectivity index (χ0) is 23.2. The second-order valence-electron chi connectivity index (χ2n) is 8.24. The molecule has 0 N–H and O–H groups in total. The van der Waals surface area contributed by atoms with Crippen molar-refractivity contribution in [2.24, 2.45) is 0 Å². The van der Waals surface area contributed by atoms with Gasteiger partial charge in [0.2, 0.25) is 5.91 Å². The Labute approximate surface area is 198 Å². The number of hydrogen-bond acceptors (Lipinski definition) is 6. The quantitative estimate of drug-likeness (QED) is 0.392. The summed E-state index contributed by atoms with van der Waals surface area (Å²) in [4.78, 5) is 38.2. The highest BCUT2D eigenvalue weighted by atomic mass is 32.1. The first-order chi connectivity index (χ1) is 16.6. The molecule has 8 heteroatoms.